The molecule has 14 nitrogen and oxygen atoms in total. The van der Waals surface area contributed by atoms with Gasteiger partial charge in [0.25, 0.3) is 5.91 Å². The van der Waals surface area contributed by atoms with Gasteiger partial charge < -0.3 is 44.1 Å². The van der Waals surface area contributed by atoms with Gasteiger partial charge in [0.05, 0.1) is 28.9 Å². The number of benzene rings is 1. The van der Waals surface area contributed by atoms with E-state index in [1.807, 2.05) is 0 Å². The van der Waals surface area contributed by atoms with Gasteiger partial charge in [-0.1, -0.05) is 96.8 Å². The molecule has 0 aliphatic carbocycles. The summed E-state index contributed by atoms with van der Waals surface area (Å²) in [5, 5.41) is 34.1. The fraction of sp³-hybridized carbons (Fsp3) is 0.757. The largest absolute Gasteiger partial charge is 1.00 e. The Morgan fingerprint density at radius 3 is 1.91 bits per heavy atom. The first-order valence-corrected chi connectivity index (χ1v) is 21.6. The summed E-state index contributed by atoms with van der Waals surface area (Å²) in [7, 11) is -4.97. The van der Waals surface area contributed by atoms with Crippen molar-refractivity contribution in [1.82, 2.24) is 5.32 Å². The third kappa shape index (κ3) is 22.7. The standard InChI is InChI=1S/C37H60INO13S.Na/c1-2-3-4-5-6-7-8-9-10-11-12-13-14-15-16-17-31(41)49-24-29(40)25-50-37-34(44)33(43)35(30(51-37)26-53(46,47)48)52-32(42)22-23-39-36(45)27-18-20-28(38)21-19-27;/h18-21,29-30,33-35,37,40,43-44H,2-17,22-26H2,1H3,(H,39,45)(H,46,47,48);/q;+1/p-1. The Morgan fingerprint density at radius 2 is 1.37 bits per heavy atom. The van der Waals surface area contributed by atoms with Crippen LogP contribution in [0.5, 0.6) is 0 Å². The van der Waals surface area contributed by atoms with Gasteiger partial charge in [0.15, 0.2) is 12.4 Å². The molecule has 6 unspecified atom stereocenters. The Labute approximate surface area is 356 Å². The topological polar surface area (TPSA) is 218 Å². The maximum Gasteiger partial charge on any atom is 1.00 e. The molecule has 0 aromatic heterocycles. The minimum Gasteiger partial charge on any atom is -0.748 e. The van der Waals surface area contributed by atoms with Gasteiger partial charge in [0, 0.05) is 22.1 Å². The number of carbonyl (C=O) groups is 3. The molecule has 1 amide bonds. The number of halogens is 1. The predicted molar refractivity (Wildman–Crippen MR) is 204 cm³/mol. The Balaban J connectivity index is 0.0000146. The van der Waals surface area contributed by atoms with Crippen molar-refractivity contribution in [3.8, 4) is 0 Å². The molecule has 1 aliphatic heterocycles. The number of esters is 2. The minimum absolute atomic E-state index is 0. The molecule has 1 saturated heterocycles. The normalized spacial score (nSPS) is 20.4. The Hall–Kier alpha value is -0.930. The number of carbonyl (C=O) groups excluding carboxylic acids is 3. The number of ether oxygens (including phenoxy) is 4. The van der Waals surface area contributed by atoms with E-state index in [1.165, 1.54) is 70.6 Å². The molecule has 0 saturated carbocycles. The van der Waals surface area contributed by atoms with E-state index in [0.29, 0.717) is 12.0 Å². The first-order valence-electron chi connectivity index (χ1n) is 18.9. The number of unbranched alkanes of at least 4 members (excludes halogenated alkanes) is 14. The third-order valence-corrected chi connectivity index (χ3v) is 10.3. The molecular weight excluding hydrogens is 848 g/mol. The molecule has 0 radical (unpaired) electrons. The molecule has 6 atom stereocenters. The van der Waals surface area contributed by atoms with Gasteiger partial charge >= 0.3 is 41.5 Å². The summed E-state index contributed by atoms with van der Waals surface area (Å²) < 4.78 is 56.7. The van der Waals surface area contributed by atoms with Crippen LogP contribution in [0.3, 0.4) is 0 Å². The van der Waals surface area contributed by atoms with Gasteiger partial charge in [-0.3, -0.25) is 14.4 Å². The number of hydrogen-bond donors (Lipinski definition) is 4. The maximum absolute atomic E-state index is 12.5. The number of rotatable bonds is 28. The number of nitrogens with one attached hydrogen (secondary N) is 1. The van der Waals surface area contributed by atoms with Crippen LogP contribution in [0, 0.1) is 3.57 Å². The number of aliphatic hydroxyl groups is 3. The molecule has 1 aromatic carbocycles. The van der Waals surface area contributed by atoms with Crippen LogP contribution < -0.4 is 34.9 Å². The monoisotopic (exact) mass is 907 g/mol. The Bertz CT molecular complexity index is 1310. The fourth-order valence-electron chi connectivity index (χ4n) is 5.87. The second-order valence-electron chi connectivity index (χ2n) is 13.6. The van der Waals surface area contributed by atoms with E-state index in [4.69, 9.17) is 18.9 Å². The van der Waals surface area contributed by atoms with Gasteiger partial charge in [0.1, 0.15) is 31.0 Å². The summed E-state index contributed by atoms with van der Waals surface area (Å²) in [6.07, 6.45) is 7.57. The molecular formula is C37H59INNaO13S. The predicted octanol–water partition coefficient (Wildman–Crippen LogP) is 1.50. The van der Waals surface area contributed by atoms with E-state index in [0.717, 1.165) is 22.8 Å². The van der Waals surface area contributed by atoms with Crippen molar-refractivity contribution in [3.05, 3.63) is 33.4 Å². The zero-order valence-corrected chi connectivity index (χ0v) is 36.8. The van der Waals surface area contributed by atoms with Gasteiger partial charge in [-0.25, -0.2) is 8.42 Å². The summed E-state index contributed by atoms with van der Waals surface area (Å²) in [4.78, 5) is 36.9. The molecule has 54 heavy (non-hydrogen) atoms. The summed E-state index contributed by atoms with van der Waals surface area (Å²) in [6.45, 7) is 1.12. The molecule has 2 rings (SSSR count). The van der Waals surface area contributed by atoms with Gasteiger partial charge in [-0.15, -0.1) is 0 Å². The summed E-state index contributed by atoms with van der Waals surface area (Å²) in [5.74, 6) is -3.12. The third-order valence-electron chi connectivity index (χ3n) is 8.87. The molecule has 304 valence electrons. The van der Waals surface area contributed by atoms with Crippen LogP contribution in [0.1, 0.15) is 126 Å². The van der Waals surface area contributed by atoms with E-state index >= 15 is 0 Å². The first kappa shape index (κ1) is 51.1. The SMILES string of the molecule is CCCCCCCCCCCCCCCCCC(=O)OCC(O)COC1OC(CS(=O)(=O)[O-])C(OC(=O)CCNC(=O)c2ccc(I)cc2)C(O)C1O.[Na+]. The zero-order chi connectivity index (χ0) is 39.1. The molecule has 17 heteroatoms. The van der Waals surface area contributed by atoms with E-state index in [1.54, 1.807) is 24.3 Å². The van der Waals surface area contributed by atoms with E-state index in [9.17, 15) is 42.7 Å². The molecule has 1 fully saturated rings. The van der Waals surface area contributed by atoms with Crippen LogP contribution in [0.25, 0.3) is 0 Å². The van der Waals surface area contributed by atoms with Crippen molar-refractivity contribution in [2.45, 2.75) is 153 Å². The molecule has 0 spiro atoms. The Morgan fingerprint density at radius 1 is 0.833 bits per heavy atom. The molecule has 1 heterocycles. The average Bonchev–Trinajstić information content (AvgIpc) is 3.11. The summed E-state index contributed by atoms with van der Waals surface area (Å²) in [5.41, 5.74) is 0.364. The molecule has 1 aromatic rings. The van der Waals surface area contributed by atoms with E-state index < -0.39 is 83.7 Å². The van der Waals surface area contributed by atoms with Crippen LogP contribution in [0.15, 0.2) is 24.3 Å². The molecule has 0 bridgehead atoms. The maximum atomic E-state index is 12.5. The van der Waals surface area contributed by atoms with Crippen LogP contribution in [-0.2, 0) is 38.7 Å². The summed E-state index contributed by atoms with van der Waals surface area (Å²) in [6, 6.07) is 6.68. The smallest absolute Gasteiger partial charge is 0.748 e. The van der Waals surface area contributed by atoms with E-state index in [2.05, 4.69) is 34.8 Å². The van der Waals surface area contributed by atoms with Crippen LogP contribution in [0.2, 0.25) is 0 Å². The van der Waals surface area contributed by atoms with Gasteiger partial charge in [0.2, 0.25) is 0 Å². The zero-order valence-electron chi connectivity index (χ0n) is 31.8. The minimum atomic E-state index is -4.97. The van der Waals surface area contributed by atoms with Crippen molar-refractivity contribution in [2.24, 2.45) is 0 Å². The van der Waals surface area contributed by atoms with Crippen LogP contribution in [-0.4, -0.2) is 108 Å². The number of aliphatic hydroxyl groups excluding tert-OH is 3. The van der Waals surface area contributed by atoms with Crippen LogP contribution in [0.4, 0.5) is 0 Å². The number of amides is 1. The second-order valence-corrected chi connectivity index (χ2v) is 16.3. The average molecular weight is 908 g/mol. The van der Waals surface area contributed by atoms with Crippen molar-refractivity contribution in [1.29, 1.82) is 0 Å². The van der Waals surface area contributed by atoms with Crippen molar-refractivity contribution < 1.29 is 91.2 Å². The Kier molecular flexibility index (Phi) is 27.7. The molecule has 4 N–H and O–H groups in total. The van der Waals surface area contributed by atoms with Crippen molar-refractivity contribution >= 4 is 50.6 Å². The van der Waals surface area contributed by atoms with Crippen molar-refractivity contribution in [3.63, 3.8) is 0 Å². The van der Waals surface area contributed by atoms with Gasteiger partial charge in [-0.05, 0) is 53.3 Å². The second kappa shape index (κ2) is 29.3. The quantitative estimate of drug-likeness (QED) is 0.0309. The fourth-order valence-corrected chi connectivity index (χ4v) is 6.90. The number of hydrogen-bond acceptors (Lipinski definition) is 13. The molecule has 1 aliphatic rings. The van der Waals surface area contributed by atoms with Gasteiger partial charge in [-0.2, -0.15) is 0 Å². The van der Waals surface area contributed by atoms with E-state index in [-0.39, 0.29) is 48.9 Å². The van der Waals surface area contributed by atoms with Crippen LogP contribution >= 0.6 is 22.6 Å². The summed E-state index contributed by atoms with van der Waals surface area (Å²) >= 11 is 2.09. The van der Waals surface area contributed by atoms with Crippen molar-refractivity contribution in [2.75, 3.05) is 25.5 Å². The first-order chi connectivity index (χ1) is 25.3.